The first-order valence-corrected chi connectivity index (χ1v) is 7.56. The van der Waals surface area contributed by atoms with Gasteiger partial charge in [0.15, 0.2) is 0 Å². The second-order valence-corrected chi connectivity index (χ2v) is 5.65. The summed E-state index contributed by atoms with van der Waals surface area (Å²) in [5, 5.41) is 8.98. The summed E-state index contributed by atoms with van der Waals surface area (Å²) in [6.45, 7) is 2.08. The van der Waals surface area contributed by atoms with E-state index in [1.54, 1.807) is 6.07 Å². The van der Waals surface area contributed by atoms with Crippen LogP contribution < -0.4 is 5.73 Å². The summed E-state index contributed by atoms with van der Waals surface area (Å²) in [6.07, 6.45) is 5.44. The molecule has 0 spiro atoms. The van der Waals surface area contributed by atoms with Crippen LogP contribution in [0, 0.1) is 5.82 Å². The monoisotopic (exact) mass is 280 g/mol. The topological polar surface area (TPSA) is 49.5 Å². The Morgan fingerprint density at radius 2 is 2.15 bits per heavy atom. The summed E-state index contributed by atoms with van der Waals surface area (Å²) >= 11 is 0. The number of aliphatic hydroxyl groups is 1. The maximum atomic E-state index is 13.2. The summed E-state index contributed by atoms with van der Waals surface area (Å²) in [6, 6.07) is 7.09. The molecule has 2 rings (SSSR count). The van der Waals surface area contributed by atoms with Crippen molar-refractivity contribution in [3.8, 4) is 0 Å². The Morgan fingerprint density at radius 3 is 2.75 bits per heavy atom. The zero-order valence-electron chi connectivity index (χ0n) is 12.0. The Bertz CT molecular complexity index is 409. The molecule has 1 saturated carbocycles. The molecule has 1 aliphatic rings. The fraction of sp³-hybridized carbons (Fsp3) is 0.625. The second-order valence-electron chi connectivity index (χ2n) is 5.65. The van der Waals surface area contributed by atoms with Crippen molar-refractivity contribution in [3.63, 3.8) is 0 Å². The molecule has 0 aromatic heterocycles. The van der Waals surface area contributed by atoms with Crippen molar-refractivity contribution < 1.29 is 9.50 Å². The van der Waals surface area contributed by atoms with E-state index in [9.17, 15) is 4.39 Å². The van der Waals surface area contributed by atoms with Gasteiger partial charge in [-0.1, -0.05) is 18.6 Å². The molecule has 112 valence electrons. The number of benzene rings is 1. The summed E-state index contributed by atoms with van der Waals surface area (Å²) in [7, 11) is 0. The molecule has 4 heteroatoms. The molecule has 0 radical (unpaired) electrons. The average Bonchev–Trinajstić information content (AvgIpc) is 2.39. The van der Waals surface area contributed by atoms with Crippen molar-refractivity contribution in [1.29, 1.82) is 0 Å². The van der Waals surface area contributed by atoms with Crippen LogP contribution in [0.1, 0.15) is 43.7 Å². The van der Waals surface area contributed by atoms with Gasteiger partial charge in [0.05, 0.1) is 0 Å². The van der Waals surface area contributed by atoms with E-state index in [4.69, 9.17) is 10.8 Å². The Labute approximate surface area is 120 Å². The largest absolute Gasteiger partial charge is 0.396 e. The number of hydrogen-bond donors (Lipinski definition) is 2. The molecule has 3 N–H and O–H groups in total. The molecule has 0 heterocycles. The molecule has 0 bridgehead atoms. The van der Waals surface area contributed by atoms with Crippen LogP contribution in [0.15, 0.2) is 24.3 Å². The minimum atomic E-state index is -0.228. The van der Waals surface area contributed by atoms with Crippen molar-refractivity contribution >= 4 is 0 Å². The standard InChI is InChI=1S/C16H25FN2O/c17-14-5-1-4-13(12-14)16(18)8-10-19(9-3-11-20)15-6-2-7-15/h1,4-5,12,15-16,20H,2-3,6-11,18H2. The van der Waals surface area contributed by atoms with Gasteiger partial charge >= 0.3 is 0 Å². The summed E-state index contributed by atoms with van der Waals surface area (Å²) in [4.78, 5) is 2.43. The number of rotatable bonds is 8. The molecule has 1 atom stereocenters. The number of aliphatic hydroxyl groups excluding tert-OH is 1. The third-order valence-electron chi connectivity index (χ3n) is 4.20. The highest BCUT2D eigenvalue weighted by atomic mass is 19.1. The molecule has 20 heavy (non-hydrogen) atoms. The lowest BCUT2D eigenvalue weighted by Crippen LogP contribution is -2.42. The molecular weight excluding hydrogens is 255 g/mol. The van der Waals surface area contributed by atoms with Crippen molar-refractivity contribution in [1.82, 2.24) is 4.90 Å². The van der Waals surface area contributed by atoms with E-state index in [-0.39, 0.29) is 18.5 Å². The lowest BCUT2D eigenvalue weighted by Gasteiger charge is -2.38. The third kappa shape index (κ3) is 4.27. The van der Waals surface area contributed by atoms with Gasteiger partial charge in [-0.25, -0.2) is 4.39 Å². The SMILES string of the molecule is NC(CCN(CCCO)C1CCC1)c1cccc(F)c1. The number of nitrogens with two attached hydrogens (primary N) is 1. The van der Waals surface area contributed by atoms with Crippen LogP contribution in [0.4, 0.5) is 4.39 Å². The van der Waals surface area contributed by atoms with Crippen LogP contribution in [-0.4, -0.2) is 35.7 Å². The highest BCUT2D eigenvalue weighted by Crippen LogP contribution is 2.26. The van der Waals surface area contributed by atoms with Gasteiger partial charge < -0.3 is 15.7 Å². The third-order valence-corrected chi connectivity index (χ3v) is 4.20. The zero-order valence-corrected chi connectivity index (χ0v) is 12.0. The molecule has 1 fully saturated rings. The molecule has 1 unspecified atom stereocenters. The average molecular weight is 280 g/mol. The van der Waals surface area contributed by atoms with E-state index in [0.29, 0.717) is 6.04 Å². The van der Waals surface area contributed by atoms with Crippen molar-refractivity contribution in [2.75, 3.05) is 19.7 Å². The number of hydrogen-bond acceptors (Lipinski definition) is 3. The normalized spacial score (nSPS) is 17.2. The predicted molar refractivity (Wildman–Crippen MR) is 78.9 cm³/mol. The highest BCUT2D eigenvalue weighted by molar-refractivity contribution is 5.19. The summed E-state index contributed by atoms with van der Waals surface area (Å²) in [5.74, 6) is -0.228. The van der Waals surface area contributed by atoms with Crippen molar-refractivity contribution in [3.05, 3.63) is 35.6 Å². The van der Waals surface area contributed by atoms with Gasteiger partial charge in [0.25, 0.3) is 0 Å². The van der Waals surface area contributed by atoms with Gasteiger partial charge in [0, 0.05) is 31.8 Å². The zero-order chi connectivity index (χ0) is 14.4. The minimum absolute atomic E-state index is 0.123. The van der Waals surface area contributed by atoms with E-state index in [0.717, 1.165) is 31.5 Å². The molecule has 0 aliphatic heterocycles. The van der Waals surface area contributed by atoms with Crippen LogP contribution in [0.25, 0.3) is 0 Å². The van der Waals surface area contributed by atoms with Gasteiger partial charge in [-0.2, -0.15) is 0 Å². The summed E-state index contributed by atoms with van der Waals surface area (Å²) in [5.41, 5.74) is 7.02. The Kier molecular flexibility index (Phi) is 5.95. The Morgan fingerprint density at radius 1 is 1.35 bits per heavy atom. The fourth-order valence-electron chi connectivity index (χ4n) is 2.71. The van der Waals surface area contributed by atoms with E-state index in [1.807, 2.05) is 6.07 Å². The van der Waals surface area contributed by atoms with Crippen molar-refractivity contribution in [2.45, 2.75) is 44.2 Å². The van der Waals surface area contributed by atoms with Gasteiger partial charge in [-0.05, 0) is 43.4 Å². The van der Waals surface area contributed by atoms with Gasteiger partial charge in [-0.3, -0.25) is 0 Å². The molecule has 1 aromatic carbocycles. The quantitative estimate of drug-likeness (QED) is 0.769. The first kappa shape index (κ1) is 15.4. The molecule has 0 saturated heterocycles. The van der Waals surface area contributed by atoms with Crippen molar-refractivity contribution in [2.24, 2.45) is 5.73 Å². The first-order valence-electron chi connectivity index (χ1n) is 7.56. The molecule has 1 aromatic rings. The highest BCUT2D eigenvalue weighted by Gasteiger charge is 2.24. The Balaban J connectivity index is 1.84. The van der Waals surface area contributed by atoms with Crippen LogP contribution in [0.2, 0.25) is 0 Å². The smallest absolute Gasteiger partial charge is 0.123 e. The van der Waals surface area contributed by atoms with Gasteiger partial charge in [-0.15, -0.1) is 0 Å². The maximum Gasteiger partial charge on any atom is 0.123 e. The summed E-state index contributed by atoms with van der Waals surface area (Å²) < 4.78 is 13.2. The van der Waals surface area contributed by atoms with Crippen LogP contribution in [-0.2, 0) is 0 Å². The molecule has 3 nitrogen and oxygen atoms in total. The molecule has 1 aliphatic carbocycles. The van der Waals surface area contributed by atoms with Crippen LogP contribution >= 0.6 is 0 Å². The fourth-order valence-corrected chi connectivity index (χ4v) is 2.71. The van der Waals surface area contributed by atoms with E-state index in [1.165, 1.54) is 31.4 Å². The van der Waals surface area contributed by atoms with Crippen LogP contribution in [0.3, 0.4) is 0 Å². The minimum Gasteiger partial charge on any atom is -0.396 e. The maximum absolute atomic E-state index is 13.2. The second kappa shape index (κ2) is 7.72. The lowest BCUT2D eigenvalue weighted by atomic mass is 9.91. The lowest BCUT2D eigenvalue weighted by molar-refractivity contribution is 0.113. The van der Waals surface area contributed by atoms with E-state index in [2.05, 4.69) is 4.90 Å². The van der Waals surface area contributed by atoms with Gasteiger partial charge in [0.2, 0.25) is 0 Å². The van der Waals surface area contributed by atoms with E-state index >= 15 is 0 Å². The molecular formula is C16H25FN2O. The van der Waals surface area contributed by atoms with Gasteiger partial charge in [0.1, 0.15) is 5.82 Å². The van der Waals surface area contributed by atoms with E-state index < -0.39 is 0 Å². The van der Waals surface area contributed by atoms with Crippen LogP contribution in [0.5, 0.6) is 0 Å². The number of nitrogens with zero attached hydrogens (tertiary/aromatic N) is 1. The Hall–Kier alpha value is -0.970. The number of halogens is 1. The molecule has 0 amide bonds. The predicted octanol–water partition coefficient (Wildman–Crippen LogP) is 2.45. The first-order chi connectivity index (χ1) is 9.70.